The number of aromatic nitrogens is 2. The van der Waals surface area contributed by atoms with Crippen LogP contribution in [0.5, 0.6) is 5.75 Å². The molecule has 3 heterocycles. The number of hydrogen-bond donors (Lipinski definition) is 1. The quantitative estimate of drug-likeness (QED) is 0.713. The minimum absolute atomic E-state index is 0.143. The molecule has 1 aliphatic rings. The first-order valence-corrected chi connectivity index (χ1v) is 10.8. The standard InChI is InChI=1S/C20H23N3O4S/c1-20(2)11-23(4)16-9-12(28(5,25)26)8-14(18(16)27-20)15-10-22(3)19(24)17-13(15)6-7-21-17/h6-10,21H,11H2,1-5H3. The number of rotatable bonds is 2. The Hall–Kier alpha value is -2.74. The van der Waals surface area contributed by atoms with Gasteiger partial charge in [-0.25, -0.2) is 8.42 Å². The molecule has 0 aliphatic carbocycles. The van der Waals surface area contributed by atoms with Gasteiger partial charge in [-0.05, 0) is 32.0 Å². The molecule has 0 bridgehead atoms. The highest BCUT2D eigenvalue weighted by atomic mass is 32.2. The summed E-state index contributed by atoms with van der Waals surface area (Å²) >= 11 is 0. The summed E-state index contributed by atoms with van der Waals surface area (Å²) in [7, 11) is 0.163. The van der Waals surface area contributed by atoms with Crippen LogP contribution in [0.2, 0.25) is 0 Å². The van der Waals surface area contributed by atoms with E-state index in [4.69, 9.17) is 4.74 Å². The van der Waals surface area contributed by atoms with E-state index < -0.39 is 15.4 Å². The van der Waals surface area contributed by atoms with Crippen molar-refractivity contribution < 1.29 is 13.2 Å². The number of fused-ring (bicyclic) bond motifs is 2. The van der Waals surface area contributed by atoms with Crippen molar-refractivity contribution in [3.63, 3.8) is 0 Å². The normalized spacial score (nSPS) is 16.1. The topological polar surface area (TPSA) is 84.4 Å². The molecule has 1 aliphatic heterocycles. The SMILES string of the molecule is CN1CC(C)(C)Oc2c(-c3cn(C)c(=O)c4[nH]ccc34)cc(S(C)(=O)=O)cc21. The summed E-state index contributed by atoms with van der Waals surface area (Å²) in [6.07, 6.45) is 4.63. The molecule has 28 heavy (non-hydrogen) atoms. The molecule has 0 saturated carbocycles. The van der Waals surface area contributed by atoms with E-state index in [2.05, 4.69) is 4.98 Å². The summed E-state index contributed by atoms with van der Waals surface area (Å²) in [6, 6.07) is 5.11. The third kappa shape index (κ3) is 2.88. The molecular weight excluding hydrogens is 378 g/mol. The lowest BCUT2D eigenvalue weighted by Crippen LogP contribution is -2.45. The maximum atomic E-state index is 12.4. The summed E-state index contributed by atoms with van der Waals surface area (Å²) in [4.78, 5) is 17.6. The maximum absolute atomic E-state index is 12.4. The van der Waals surface area contributed by atoms with Crippen molar-refractivity contribution in [1.29, 1.82) is 0 Å². The molecule has 0 saturated heterocycles. The number of pyridine rings is 1. The number of aromatic amines is 1. The average molecular weight is 401 g/mol. The van der Waals surface area contributed by atoms with Gasteiger partial charge in [-0.1, -0.05) is 0 Å². The molecule has 8 heteroatoms. The van der Waals surface area contributed by atoms with Gasteiger partial charge >= 0.3 is 0 Å². The minimum Gasteiger partial charge on any atom is -0.483 e. The molecule has 3 aromatic rings. The number of sulfone groups is 1. The summed E-state index contributed by atoms with van der Waals surface area (Å²) in [6.45, 7) is 4.61. The molecule has 0 fully saturated rings. The van der Waals surface area contributed by atoms with Crippen molar-refractivity contribution in [2.45, 2.75) is 24.3 Å². The molecule has 7 nitrogen and oxygen atoms in total. The van der Waals surface area contributed by atoms with Gasteiger partial charge in [0.2, 0.25) is 0 Å². The molecule has 2 aromatic heterocycles. The van der Waals surface area contributed by atoms with Crippen molar-refractivity contribution in [2.75, 3.05) is 24.7 Å². The van der Waals surface area contributed by atoms with Gasteiger partial charge in [-0.2, -0.15) is 0 Å². The van der Waals surface area contributed by atoms with E-state index in [1.165, 1.54) is 10.8 Å². The molecule has 0 radical (unpaired) electrons. The zero-order valence-electron chi connectivity index (χ0n) is 16.5. The number of ether oxygens (including phenoxy) is 1. The first-order chi connectivity index (χ1) is 13.0. The number of hydrogen-bond acceptors (Lipinski definition) is 5. The Balaban J connectivity index is 2.13. The Labute approximate surface area is 163 Å². The summed E-state index contributed by atoms with van der Waals surface area (Å²) in [5, 5.41) is 0.727. The Kier molecular flexibility index (Phi) is 3.91. The van der Waals surface area contributed by atoms with Crippen LogP contribution in [0.25, 0.3) is 22.0 Å². The Morgan fingerprint density at radius 3 is 2.57 bits per heavy atom. The van der Waals surface area contributed by atoms with Crippen molar-refractivity contribution in [3.8, 4) is 16.9 Å². The van der Waals surface area contributed by atoms with Gasteiger partial charge in [0.15, 0.2) is 15.6 Å². The Bertz CT molecular complexity index is 1270. The fourth-order valence-electron chi connectivity index (χ4n) is 3.84. The van der Waals surface area contributed by atoms with E-state index in [9.17, 15) is 13.2 Å². The molecule has 0 spiro atoms. The fourth-order valence-corrected chi connectivity index (χ4v) is 4.50. The smallest absolute Gasteiger partial charge is 0.274 e. The second-order valence-electron chi connectivity index (χ2n) is 8.03. The third-order valence-electron chi connectivity index (χ3n) is 5.06. The monoisotopic (exact) mass is 401 g/mol. The van der Waals surface area contributed by atoms with Crippen molar-refractivity contribution in [2.24, 2.45) is 7.05 Å². The molecule has 148 valence electrons. The molecule has 0 atom stereocenters. The molecule has 1 aromatic carbocycles. The number of likely N-dealkylation sites (N-methyl/N-ethyl adjacent to an activating group) is 1. The van der Waals surface area contributed by atoms with Gasteiger partial charge in [-0.3, -0.25) is 4.79 Å². The maximum Gasteiger partial charge on any atom is 0.274 e. The second-order valence-corrected chi connectivity index (χ2v) is 10.0. The van der Waals surface area contributed by atoms with Crippen molar-refractivity contribution in [1.82, 2.24) is 9.55 Å². The van der Waals surface area contributed by atoms with Crippen LogP contribution in [0.15, 0.2) is 40.3 Å². The first kappa shape index (κ1) is 18.6. The number of anilines is 1. The highest BCUT2D eigenvalue weighted by molar-refractivity contribution is 7.90. The molecule has 0 unspecified atom stereocenters. The number of benzene rings is 1. The zero-order valence-corrected chi connectivity index (χ0v) is 17.3. The van der Waals surface area contributed by atoms with E-state index in [0.717, 1.165) is 16.6 Å². The van der Waals surface area contributed by atoms with Crippen LogP contribution in [0.1, 0.15) is 13.8 Å². The van der Waals surface area contributed by atoms with Crippen LogP contribution in [-0.4, -0.2) is 43.4 Å². The van der Waals surface area contributed by atoms with Crippen molar-refractivity contribution in [3.05, 3.63) is 40.9 Å². The lowest BCUT2D eigenvalue weighted by Gasteiger charge is -2.40. The first-order valence-electron chi connectivity index (χ1n) is 8.93. The van der Waals surface area contributed by atoms with E-state index in [1.807, 2.05) is 31.9 Å². The van der Waals surface area contributed by atoms with Crippen molar-refractivity contribution >= 4 is 26.4 Å². The number of H-pyrrole nitrogens is 1. The van der Waals surface area contributed by atoms with Crippen LogP contribution in [0.3, 0.4) is 0 Å². The summed E-state index contributed by atoms with van der Waals surface area (Å²) in [5.74, 6) is 0.618. The van der Waals surface area contributed by atoms with Gasteiger partial charge in [0, 0.05) is 49.3 Å². The van der Waals surface area contributed by atoms with Gasteiger partial charge in [0.25, 0.3) is 5.56 Å². The van der Waals surface area contributed by atoms with Crippen LogP contribution < -0.4 is 15.2 Å². The van der Waals surface area contributed by atoms with Crippen LogP contribution >= 0.6 is 0 Å². The molecule has 1 N–H and O–H groups in total. The number of nitrogens with zero attached hydrogens (tertiary/aromatic N) is 2. The van der Waals surface area contributed by atoms with Crippen LogP contribution in [0.4, 0.5) is 5.69 Å². The van der Waals surface area contributed by atoms with E-state index in [1.54, 1.807) is 31.6 Å². The molecule has 4 rings (SSSR count). The minimum atomic E-state index is -3.44. The van der Waals surface area contributed by atoms with Crippen LogP contribution in [-0.2, 0) is 16.9 Å². The van der Waals surface area contributed by atoms with Gasteiger partial charge in [0.1, 0.15) is 11.1 Å². The average Bonchev–Trinajstić information content (AvgIpc) is 3.05. The van der Waals surface area contributed by atoms with Gasteiger partial charge in [-0.15, -0.1) is 0 Å². The highest BCUT2D eigenvalue weighted by Gasteiger charge is 2.33. The van der Waals surface area contributed by atoms with E-state index >= 15 is 0 Å². The Morgan fingerprint density at radius 1 is 1.18 bits per heavy atom. The lowest BCUT2D eigenvalue weighted by atomic mass is 9.98. The molecular formula is C20H23N3O4S. The van der Waals surface area contributed by atoms with Gasteiger partial charge in [0.05, 0.1) is 17.1 Å². The largest absolute Gasteiger partial charge is 0.483 e. The van der Waals surface area contributed by atoms with E-state index in [0.29, 0.717) is 23.4 Å². The second kappa shape index (κ2) is 5.88. The molecule has 0 amide bonds. The van der Waals surface area contributed by atoms with Gasteiger partial charge < -0.3 is 19.2 Å². The fraction of sp³-hybridized carbons (Fsp3) is 0.350. The number of nitrogens with one attached hydrogen (secondary N) is 1. The summed E-state index contributed by atoms with van der Waals surface area (Å²) < 4.78 is 32.5. The highest BCUT2D eigenvalue weighted by Crippen LogP contribution is 2.46. The van der Waals surface area contributed by atoms with Crippen LogP contribution in [0, 0.1) is 0 Å². The Morgan fingerprint density at radius 2 is 1.89 bits per heavy atom. The van der Waals surface area contributed by atoms with E-state index in [-0.39, 0.29) is 10.5 Å². The predicted octanol–water partition coefficient (Wildman–Crippen LogP) is 2.54. The third-order valence-corrected chi connectivity index (χ3v) is 6.15. The lowest BCUT2D eigenvalue weighted by molar-refractivity contribution is 0.108. The number of aryl methyl sites for hydroxylation is 1. The predicted molar refractivity (Wildman–Crippen MR) is 110 cm³/mol. The zero-order chi connectivity index (χ0) is 20.4. The summed E-state index contributed by atoms with van der Waals surface area (Å²) in [5.41, 5.74) is 2.00.